The number of nitrogens with one attached hydrogen (secondary N) is 1. The third-order valence-electron chi connectivity index (χ3n) is 4.77. The molecule has 1 N–H and O–H groups in total. The van der Waals surface area contributed by atoms with Gasteiger partial charge in [-0.1, -0.05) is 44.2 Å². The number of hydrogen-bond donors (Lipinski definition) is 1. The van der Waals surface area contributed by atoms with Crippen LogP contribution in [-0.4, -0.2) is 42.3 Å². The van der Waals surface area contributed by atoms with E-state index in [9.17, 15) is 9.59 Å². The molecule has 0 aliphatic rings. The third-order valence-corrected chi connectivity index (χ3v) is 5.81. The Morgan fingerprint density at radius 1 is 1.04 bits per heavy atom. The molecule has 4 nitrogen and oxygen atoms in total. The molecule has 0 aliphatic carbocycles. The van der Waals surface area contributed by atoms with Gasteiger partial charge in [0.2, 0.25) is 5.91 Å². The quantitative estimate of drug-likeness (QED) is 0.592. The second kappa shape index (κ2) is 11.0. The SMILES string of the molecule is CCN(CC)C(CNC(=O)CCC(=O)c1ccc(C)s1)Cc1ccccc1. The topological polar surface area (TPSA) is 49.4 Å². The maximum Gasteiger partial charge on any atom is 0.220 e. The van der Waals surface area contributed by atoms with Gasteiger partial charge in [-0.25, -0.2) is 0 Å². The van der Waals surface area contributed by atoms with E-state index in [2.05, 4.69) is 36.2 Å². The highest BCUT2D eigenvalue weighted by Crippen LogP contribution is 2.17. The number of thiophene rings is 1. The number of nitrogens with zero attached hydrogens (tertiary/aromatic N) is 1. The molecule has 0 bridgehead atoms. The van der Waals surface area contributed by atoms with Crippen LogP contribution in [0.3, 0.4) is 0 Å². The molecule has 1 unspecified atom stereocenters. The zero-order valence-electron chi connectivity index (χ0n) is 16.5. The summed E-state index contributed by atoms with van der Waals surface area (Å²) in [5.74, 6) is -0.00493. The van der Waals surface area contributed by atoms with Crippen molar-refractivity contribution in [3.8, 4) is 0 Å². The Morgan fingerprint density at radius 2 is 1.74 bits per heavy atom. The van der Waals surface area contributed by atoms with Gasteiger partial charge in [0, 0.05) is 30.3 Å². The first-order chi connectivity index (χ1) is 13.0. The van der Waals surface area contributed by atoms with Gasteiger partial charge >= 0.3 is 0 Å². The van der Waals surface area contributed by atoms with E-state index in [1.807, 2.05) is 37.3 Å². The Hall–Kier alpha value is -1.98. The summed E-state index contributed by atoms with van der Waals surface area (Å²) in [7, 11) is 0. The van der Waals surface area contributed by atoms with E-state index < -0.39 is 0 Å². The van der Waals surface area contributed by atoms with E-state index in [0.717, 1.165) is 29.3 Å². The number of carbonyl (C=O) groups is 2. The van der Waals surface area contributed by atoms with Gasteiger partial charge in [0.1, 0.15) is 0 Å². The molecule has 0 saturated heterocycles. The van der Waals surface area contributed by atoms with Gasteiger partial charge in [-0.05, 0) is 44.1 Å². The number of hydrogen-bond acceptors (Lipinski definition) is 4. The van der Waals surface area contributed by atoms with Crippen LogP contribution < -0.4 is 5.32 Å². The summed E-state index contributed by atoms with van der Waals surface area (Å²) < 4.78 is 0. The summed E-state index contributed by atoms with van der Waals surface area (Å²) in [5.41, 5.74) is 1.27. The van der Waals surface area contributed by atoms with Crippen molar-refractivity contribution in [3.63, 3.8) is 0 Å². The fourth-order valence-electron chi connectivity index (χ4n) is 3.21. The van der Waals surface area contributed by atoms with E-state index >= 15 is 0 Å². The standard InChI is InChI=1S/C22H30N2O2S/c1-4-24(5-2)19(15-18-9-7-6-8-10-18)16-23-22(26)14-12-20(25)21-13-11-17(3)27-21/h6-11,13,19H,4-5,12,14-16H2,1-3H3,(H,23,26). The van der Waals surface area contributed by atoms with E-state index in [0.29, 0.717) is 6.54 Å². The number of amides is 1. The highest BCUT2D eigenvalue weighted by Gasteiger charge is 2.18. The molecule has 27 heavy (non-hydrogen) atoms. The average Bonchev–Trinajstić information content (AvgIpc) is 3.12. The Balaban J connectivity index is 1.85. The molecule has 1 heterocycles. The highest BCUT2D eigenvalue weighted by atomic mass is 32.1. The molecule has 2 aromatic rings. The van der Waals surface area contributed by atoms with Crippen molar-refractivity contribution in [1.82, 2.24) is 10.2 Å². The number of carbonyl (C=O) groups excluding carboxylic acids is 2. The maximum atomic E-state index is 12.3. The predicted octanol–water partition coefficient (Wildman–Crippen LogP) is 4.09. The van der Waals surface area contributed by atoms with Crippen molar-refractivity contribution >= 4 is 23.0 Å². The molecular formula is C22H30N2O2S. The molecule has 0 fully saturated rings. The van der Waals surface area contributed by atoms with Crippen LogP contribution in [0.25, 0.3) is 0 Å². The summed E-state index contributed by atoms with van der Waals surface area (Å²) in [5, 5.41) is 3.03. The zero-order chi connectivity index (χ0) is 19.6. The van der Waals surface area contributed by atoms with Crippen LogP contribution in [0.15, 0.2) is 42.5 Å². The highest BCUT2D eigenvalue weighted by molar-refractivity contribution is 7.14. The van der Waals surface area contributed by atoms with Crippen LogP contribution in [0.1, 0.15) is 46.8 Å². The molecule has 2 rings (SSSR count). The Morgan fingerprint density at radius 3 is 2.33 bits per heavy atom. The fraction of sp³-hybridized carbons (Fsp3) is 0.455. The first kappa shape index (κ1) is 21.3. The van der Waals surface area contributed by atoms with Crippen LogP contribution in [0.5, 0.6) is 0 Å². The van der Waals surface area contributed by atoms with Crippen molar-refractivity contribution in [3.05, 3.63) is 57.8 Å². The minimum atomic E-state index is -0.0538. The van der Waals surface area contributed by atoms with Crippen molar-refractivity contribution in [2.45, 2.75) is 46.1 Å². The monoisotopic (exact) mass is 386 g/mol. The molecule has 1 atom stereocenters. The summed E-state index contributed by atoms with van der Waals surface area (Å²) in [6.45, 7) is 8.76. The Kier molecular flexibility index (Phi) is 8.69. The lowest BCUT2D eigenvalue weighted by atomic mass is 10.0. The summed E-state index contributed by atoms with van der Waals surface area (Å²) in [6.07, 6.45) is 1.41. The lowest BCUT2D eigenvalue weighted by Crippen LogP contribution is -2.45. The van der Waals surface area contributed by atoms with Gasteiger partial charge < -0.3 is 5.32 Å². The van der Waals surface area contributed by atoms with Gasteiger partial charge in [-0.3, -0.25) is 14.5 Å². The van der Waals surface area contributed by atoms with Crippen LogP contribution in [0.4, 0.5) is 0 Å². The van der Waals surface area contributed by atoms with Crippen molar-refractivity contribution in [2.75, 3.05) is 19.6 Å². The number of rotatable bonds is 11. The Bertz CT molecular complexity index is 723. The summed E-state index contributed by atoms with van der Waals surface area (Å²) >= 11 is 1.49. The van der Waals surface area contributed by atoms with E-state index in [1.54, 1.807) is 0 Å². The number of Topliss-reactive ketones (excluding diaryl/α,β-unsaturated/α-hetero) is 1. The number of aryl methyl sites for hydroxylation is 1. The van der Waals surface area contributed by atoms with Gasteiger partial charge in [0.15, 0.2) is 5.78 Å². The number of likely N-dealkylation sites (N-methyl/N-ethyl adjacent to an activating group) is 1. The smallest absolute Gasteiger partial charge is 0.220 e. The minimum absolute atomic E-state index is 0.0489. The lowest BCUT2D eigenvalue weighted by Gasteiger charge is -2.30. The summed E-state index contributed by atoms with van der Waals surface area (Å²) in [4.78, 5) is 28.7. The molecule has 0 spiro atoms. The first-order valence-corrected chi connectivity index (χ1v) is 10.5. The zero-order valence-corrected chi connectivity index (χ0v) is 17.3. The van der Waals surface area contributed by atoms with Gasteiger partial charge in [0.05, 0.1) is 4.88 Å². The van der Waals surface area contributed by atoms with E-state index in [-0.39, 0.29) is 30.6 Å². The Labute approximate surface area is 166 Å². The number of ketones is 1. The number of benzene rings is 1. The summed E-state index contributed by atoms with van der Waals surface area (Å²) in [6, 6.07) is 14.4. The predicted molar refractivity (Wildman–Crippen MR) is 112 cm³/mol. The molecule has 1 aromatic heterocycles. The second-order valence-corrected chi connectivity index (χ2v) is 7.99. The van der Waals surface area contributed by atoms with Gasteiger partial charge in [0.25, 0.3) is 0 Å². The van der Waals surface area contributed by atoms with Crippen molar-refractivity contribution in [1.29, 1.82) is 0 Å². The molecule has 0 saturated carbocycles. The molecule has 0 radical (unpaired) electrons. The van der Waals surface area contributed by atoms with E-state index in [4.69, 9.17) is 0 Å². The van der Waals surface area contributed by atoms with Crippen LogP contribution in [0.2, 0.25) is 0 Å². The van der Waals surface area contributed by atoms with Gasteiger partial charge in [-0.15, -0.1) is 11.3 Å². The molecule has 146 valence electrons. The molecular weight excluding hydrogens is 356 g/mol. The fourth-order valence-corrected chi connectivity index (χ4v) is 4.05. The van der Waals surface area contributed by atoms with Crippen molar-refractivity contribution < 1.29 is 9.59 Å². The largest absolute Gasteiger partial charge is 0.355 e. The van der Waals surface area contributed by atoms with Crippen LogP contribution >= 0.6 is 11.3 Å². The molecule has 1 amide bonds. The molecule has 5 heteroatoms. The second-order valence-electron chi connectivity index (χ2n) is 6.70. The first-order valence-electron chi connectivity index (χ1n) is 9.67. The van der Waals surface area contributed by atoms with Crippen LogP contribution in [-0.2, 0) is 11.2 Å². The minimum Gasteiger partial charge on any atom is -0.355 e. The van der Waals surface area contributed by atoms with Crippen molar-refractivity contribution in [2.24, 2.45) is 0 Å². The molecule has 0 aliphatic heterocycles. The van der Waals surface area contributed by atoms with E-state index in [1.165, 1.54) is 16.9 Å². The normalized spacial score (nSPS) is 12.1. The third kappa shape index (κ3) is 6.92. The average molecular weight is 387 g/mol. The molecule has 1 aromatic carbocycles. The van der Waals surface area contributed by atoms with Crippen LogP contribution in [0, 0.1) is 6.92 Å². The van der Waals surface area contributed by atoms with Gasteiger partial charge in [-0.2, -0.15) is 0 Å². The maximum absolute atomic E-state index is 12.3. The lowest BCUT2D eigenvalue weighted by molar-refractivity contribution is -0.121.